The molecule has 0 amide bonds. The van der Waals surface area contributed by atoms with Crippen molar-refractivity contribution in [1.29, 1.82) is 0 Å². The molecule has 0 atom stereocenters. The summed E-state index contributed by atoms with van der Waals surface area (Å²) in [6, 6.07) is 11.9. The molecule has 0 aliphatic heterocycles. The van der Waals surface area contributed by atoms with Gasteiger partial charge in [-0.05, 0) is 37.4 Å². The Bertz CT molecular complexity index is 892. The van der Waals surface area contributed by atoms with Crippen LogP contribution in [0.5, 0.6) is 5.75 Å². The van der Waals surface area contributed by atoms with Crippen LogP contribution >= 0.6 is 0 Å². The van der Waals surface area contributed by atoms with Gasteiger partial charge in [-0.2, -0.15) is 0 Å². The van der Waals surface area contributed by atoms with Crippen LogP contribution in [0.25, 0.3) is 0 Å². The van der Waals surface area contributed by atoms with E-state index in [-0.39, 0.29) is 10.5 Å². The van der Waals surface area contributed by atoms with Gasteiger partial charge in [0.1, 0.15) is 5.75 Å². The largest absolute Gasteiger partial charge is 0.496 e. The molecule has 1 N–H and O–H groups in total. The summed E-state index contributed by atoms with van der Waals surface area (Å²) < 4.78 is 35.8. The number of ketones is 1. The summed E-state index contributed by atoms with van der Waals surface area (Å²) in [4.78, 5) is 24.2. The van der Waals surface area contributed by atoms with E-state index in [0.717, 1.165) is 0 Å². The second-order valence-electron chi connectivity index (χ2n) is 4.93. The van der Waals surface area contributed by atoms with Crippen LogP contribution in [0.4, 0.5) is 0 Å². The van der Waals surface area contributed by atoms with Gasteiger partial charge < -0.3 is 9.47 Å². The van der Waals surface area contributed by atoms with Crippen LogP contribution in [-0.4, -0.2) is 40.9 Å². The number of benzene rings is 2. The highest BCUT2D eigenvalue weighted by molar-refractivity contribution is 7.89. The van der Waals surface area contributed by atoms with Crippen molar-refractivity contribution in [3.8, 4) is 5.75 Å². The monoisotopic (exact) mass is 363 g/mol. The summed E-state index contributed by atoms with van der Waals surface area (Å²) in [7, 11) is -0.972. The first-order chi connectivity index (χ1) is 11.9. The average molecular weight is 363 g/mol. The maximum absolute atomic E-state index is 12.2. The molecule has 2 aromatic rings. The number of hydrogen-bond donors (Lipinski definition) is 1. The molecule has 0 fully saturated rings. The van der Waals surface area contributed by atoms with Crippen molar-refractivity contribution in [2.24, 2.45) is 0 Å². The van der Waals surface area contributed by atoms with E-state index in [1.807, 2.05) is 0 Å². The highest BCUT2D eigenvalue weighted by Crippen LogP contribution is 2.18. The number of hydrogen-bond acceptors (Lipinski definition) is 6. The predicted octanol–water partition coefficient (Wildman–Crippen LogP) is 1.64. The van der Waals surface area contributed by atoms with Crippen LogP contribution in [0.15, 0.2) is 53.4 Å². The molecule has 0 radical (unpaired) electrons. The van der Waals surface area contributed by atoms with E-state index in [2.05, 4.69) is 4.72 Å². The molecule has 0 spiro atoms. The van der Waals surface area contributed by atoms with Crippen LogP contribution in [-0.2, 0) is 14.8 Å². The first kappa shape index (κ1) is 18.6. The van der Waals surface area contributed by atoms with Crippen molar-refractivity contribution in [2.45, 2.75) is 4.90 Å². The molecular formula is C17H17NO6S. The number of carbonyl (C=O) groups is 2. The van der Waals surface area contributed by atoms with Crippen molar-refractivity contribution in [1.82, 2.24) is 4.72 Å². The first-order valence-electron chi connectivity index (χ1n) is 7.26. The summed E-state index contributed by atoms with van der Waals surface area (Å²) in [5, 5.41) is 0. The highest BCUT2D eigenvalue weighted by atomic mass is 32.2. The number of esters is 1. The summed E-state index contributed by atoms with van der Waals surface area (Å²) in [5.41, 5.74) is 0.327. The predicted molar refractivity (Wildman–Crippen MR) is 90.3 cm³/mol. The van der Waals surface area contributed by atoms with Crippen LogP contribution in [0.1, 0.15) is 20.7 Å². The molecule has 0 aliphatic rings. The highest BCUT2D eigenvalue weighted by Gasteiger charge is 2.17. The fourth-order valence-corrected chi connectivity index (χ4v) is 2.85. The van der Waals surface area contributed by atoms with Crippen molar-refractivity contribution < 1.29 is 27.5 Å². The van der Waals surface area contributed by atoms with Crippen molar-refractivity contribution in [3.05, 3.63) is 59.7 Å². The zero-order valence-corrected chi connectivity index (χ0v) is 14.5. The quantitative estimate of drug-likeness (QED) is 0.593. The molecule has 132 valence electrons. The van der Waals surface area contributed by atoms with E-state index in [9.17, 15) is 18.0 Å². The van der Waals surface area contributed by atoms with Crippen molar-refractivity contribution in [3.63, 3.8) is 0 Å². The van der Waals surface area contributed by atoms with Gasteiger partial charge in [-0.25, -0.2) is 17.9 Å². The second-order valence-corrected chi connectivity index (χ2v) is 6.82. The maximum atomic E-state index is 12.2. The summed E-state index contributed by atoms with van der Waals surface area (Å²) >= 11 is 0. The lowest BCUT2D eigenvalue weighted by atomic mass is 10.1. The molecule has 0 bridgehead atoms. The topological polar surface area (TPSA) is 98.8 Å². The number of para-hydroxylation sites is 1. The SMILES string of the molecule is CNS(=O)(=O)c1cccc(C(=O)OCC(=O)c2ccccc2OC)c1. The van der Waals surface area contributed by atoms with Crippen LogP contribution in [0, 0.1) is 0 Å². The number of carbonyl (C=O) groups excluding carboxylic acids is 2. The Kier molecular flexibility index (Phi) is 5.89. The third kappa shape index (κ3) is 4.43. The number of ether oxygens (including phenoxy) is 2. The Balaban J connectivity index is 2.10. The molecule has 0 saturated carbocycles. The molecule has 0 unspecified atom stereocenters. The van der Waals surface area contributed by atoms with Gasteiger partial charge in [0.25, 0.3) is 0 Å². The minimum atomic E-state index is -3.68. The Labute approximate surface area is 145 Å². The van der Waals surface area contributed by atoms with Gasteiger partial charge in [0.05, 0.1) is 23.1 Å². The van der Waals surface area contributed by atoms with E-state index in [1.165, 1.54) is 38.4 Å². The van der Waals surface area contributed by atoms with Gasteiger partial charge in [-0.15, -0.1) is 0 Å². The van der Waals surface area contributed by atoms with E-state index in [1.54, 1.807) is 24.3 Å². The average Bonchev–Trinajstić information content (AvgIpc) is 2.65. The minimum absolute atomic E-state index is 0.0316. The Morgan fingerprint density at radius 1 is 1.08 bits per heavy atom. The van der Waals surface area contributed by atoms with E-state index >= 15 is 0 Å². The Hall–Kier alpha value is -2.71. The molecule has 0 heterocycles. The van der Waals surface area contributed by atoms with Crippen molar-refractivity contribution >= 4 is 21.8 Å². The molecule has 7 nitrogen and oxygen atoms in total. The lowest BCUT2D eigenvalue weighted by Gasteiger charge is -2.09. The maximum Gasteiger partial charge on any atom is 0.338 e. The minimum Gasteiger partial charge on any atom is -0.496 e. The number of rotatable bonds is 7. The summed E-state index contributed by atoms with van der Waals surface area (Å²) in [5.74, 6) is -0.841. The van der Waals surface area contributed by atoms with E-state index in [4.69, 9.17) is 9.47 Å². The molecule has 25 heavy (non-hydrogen) atoms. The lowest BCUT2D eigenvalue weighted by molar-refractivity contribution is 0.0473. The standard InChI is InChI=1S/C17H17NO6S/c1-18-25(21,22)13-7-5-6-12(10-13)17(20)24-11-15(19)14-8-3-4-9-16(14)23-2/h3-10,18H,11H2,1-2H3. The third-order valence-electron chi connectivity index (χ3n) is 3.39. The molecule has 0 aliphatic carbocycles. The number of sulfonamides is 1. The zero-order chi connectivity index (χ0) is 18.4. The number of nitrogens with one attached hydrogen (secondary N) is 1. The zero-order valence-electron chi connectivity index (χ0n) is 13.7. The normalized spacial score (nSPS) is 11.0. The summed E-state index contributed by atoms with van der Waals surface area (Å²) in [6.45, 7) is -0.484. The number of Topliss-reactive ketones (excluding diaryl/α,β-unsaturated/α-hetero) is 1. The van der Waals surface area contributed by atoms with Gasteiger partial charge in [0.2, 0.25) is 15.8 Å². The number of methoxy groups -OCH3 is 1. The van der Waals surface area contributed by atoms with E-state index in [0.29, 0.717) is 11.3 Å². The van der Waals surface area contributed by atoms with Crippen LogP contribution in [0.3, 0.4) is 0 Å². The smallest absolute Gasteiger partial charge is 0.338 e. The van der Waals surface area contributed by atoms with Gasteiger partial charge in [0.15, 0.2) is 6.61 Å². The van der Waals surface area contributed by atoms with Crippen LogP contribution in [0.2, 0.25) is 0 Å². The van der Waals surface area contributed by atoms with Gasteiger partial charge in [-0.1, -0.05) is 18.2 Å². The lowest BCUT2D eigenvalue weighted by Crippen LogP contribution is -2.19. The molecule has 0 aromatic heterocycles. The van der Waals surface area contributed by atoms with Gasteiger partial charge in [0, 0.05) is 0 Å². The van der Waals surface area contributed by atoms with Crippen LogP contribution < -0.4 is 9.46 Å². The molecule has 8 heteroatoms. The first-order valence-corrected chi connectivity index (χ1v) is 8.74. The molecule has 0 saturated heterocycles. The fraction of sp³-hybridized carbons (Fsp3) is 0.176. The third-order valence-corrected chi connectivity index (χ3v) is 4.80. The molecule has 2 aromatic carbocycles. The summed E-state index contributed by atoms with van der Waals surface area (Å²) in [6.07, 6.45) is 0. The second kappa shape index (κ2) is 7.91. The van der Waals surface area contributed by atoms with Gasteiger partial charge in [-0.3, -0.25) is 4.79 Å². The molecule has 2 rings (SSSR count). The van der Waals surface area contributed by atoms with Gasteiger partial charge >= 0.3 is 5.97 Å². The molecular weight excluding hydrogens is 346 g/mol. The Morgan fingerprint density at radius 2 is 1.80 bits per heavy atom. The Morgan fingerprint density at radius 3 is 2.48 bits per heavy atom. The van der Waals surface area contributed by atoms with Crippen molar-refractivity contribution in [2.75, 3.05) is 20.8 Å². The fourth-order valence-electron chi connectivity index (χ4n) is 2.08. The van der Waals surface area contributed by atoms with E-state index < -0.39 is 28.4 Å².